The molecule has 6 rings (SSSR count). The summed E-state index contributed by atoms with van der Waals surface area (Å²) in [6, 6.07) is 12.9. The topological polar surface area (TPSA) is 112 Å². The number of aromatic hydroxyl groups is 1. The fourth-order valence-electron chi connectivity index (χ4n) is 7.33. The molecule has 2 aliphatic carbocycles. The Kier molecular flexibility index (Phi) is 13.5. The normalized spacial score (nSPS) is 27.0. The largest absolute Gasteiger partial charge is 0.508 e. The smallest absolute Gasteiger partial charge is 0.446 e. The zero-order valence-corrected chi connectivity index (χ0v) is 27.5. The summed E-state index contributed by atoms with van der Waals surface area (Å²) >= 11 is 0. The molecule has 6 atom stereocenters. The first kappa shape index (κ1) is 37.1. The molecule has 0 saturated carbocycles. The molecular weight excluding hydrogens is 617 g/mol. The van der Waals surface area contributed by atoms with Crippen molar-refractivity contribution in [1.29, 1.82) is 0 Å². The second kappa shape index (κ2) is 17.1. The number of hydrogen-bond acceptors (Lipinski definition) is 9. The Morgan fingerprint density at radius 1 is 0.830 bits per heavy atom. The van der Waals surface area contributed by atoms with Gasteiger partial charge >= 0.3 is 6.18 Å². The van der Waals surface area contributed by atoms with Gasteiger partial charge in [0.2, 0.25) is 6.29 Å². The van der Waals surface area contributed by atoms with Crippen LogP contribution in [0.25, 0.3) is 0 Å². The number of phenolic OH excluding ortho intramolecular Hbond substituents is 1. The van der Waals surface area contributed by atoms with E-state index in [1.165, 1.54) is 16.7 Å². The zero-order valence-electron chi connectivity index (χ0n) is 27.5. The number of carbonyl (C=O) groups excluding carboxylic acids is 1. The maximum absolute atomic E-state index is 10.4. The number of benzene rings is 2. The van der Waals surface area contributed by atoms with Crippen LogP contribution in [0.15, 0.2) is 36.4 Å². The molecule has 2 aromatic rings. The molecule has 0 amide bonds. The van der Waals surface area contributed by atoms with Gasteiger partial charge in [-0.15, -0.1) is 0 Å². The minimum Gasteiger partial charge on any atom is -0.508 e. The van der Waals surface area contributed by atoms with Gasteiger partial charge in [-0.3, -0.25) is 14.6 Å². The first-order valence-electron chi connectivity index (χ1n) is 16.5. The first-order valence-corrected chi connectivity index (χ1v) is 16.5. The van der Waals surface area contributed by atoms with Gasteiger partial charge in [0.1, 0.15) is 11.5 Å². The SMILES string of the molecule is CCCN1C[C@@H](CO)O[C@H]2Cc3c(O)cccc3C[C@@H]21.CCCN1C[C@@H](CO)O[C@H]2Cc3c(cccc3OC)C[C@@H]21.O=CC(F)(F)F. The number of aldehydes is 1. The molecule has 12 heteroatoms. The molecular formula is C35H49F3N2O7. The predicted octanol–water partition coefficient (Wildman–Crippen LogP) is 3.71. The lowest BCUT2D eigenvalue weighted by Crippen LogP contribution is -2.58. The van der Waals surface area contributed by atoms with E-state index in [4.69, 9.17) is 19.0 Å². The number of fused-ring (bicyclic) bond motifs is 4. The van der Waals surface area contributed by atoms with E-state index in [-0.39, 0.29) is 37.6 Å². The third-order valence-corrected chi connectivity index (χ3v) is 9.34. The summed E-state index contributed by atoms with van der Waals surface area (Å²) in [5, 5.41) is 28.9. The Hall–Kier alpha value is -2.74. The quantitative estimate of drug-likeness (QED) is 0.381. The van der Waals surface area contributed by atoms with Gasteiger partial charge in [0.25, 0.3) is 0 Å². The molecule has 4 aliphatic rings. The Balaban J connectivity index is 0.000000182. The summed E-state index contributed by atoms with van der Waals surface area (Å²) in [7, 11) is 1.73. The molecule has 0 unspecified atom stereocenters. The van der Waals surface area contributed by atoms with Gasteiger partial charge in [-0.2, -0.15) is 13.2 Å². The fraction of sp³-hybridized carbons (Fsp3) is 0.629. The molecule has 2 fully saturated rings. The summed E-state index contributed by atoms with van der Waals surface area (Å²) < 4.78 is 48.9. The van der Waals surface area contributed by atoms with E-state index in [0.717, 1.165) is 76.0 Å². The highest BCUT2D eigenvalue weighted by Gasteiger charge is 2.41. The van der Waals surface area contributed by atoms with Crippen LogP contribution in [-0.4, -0.2) is 121 Å². The van der Waals surface area contributed by atoms with Gasteiger partial charge in [-0.05, 0) is 73.2 Å². The van der Waals surface area contributed by atoms with Crippen molar-refractivity contribution < 1.29 is 47.5 Å². The zero-order chi connectivity index (χ0) is 34.1. The molecule has 47 heavy (non-hydrogen) atoms. The van der Waals surface area contributed by atoms with Crippen LogP contribution < -0.4 is 4.74 Å². The third-order valence-electron chi connectivity index (χ3n) is 9.34. The lowest BCUT2D eigenvalue weighted by Gasteiger charge is -2.47. The molecule has 262 valence electrons. The van der Waals surface area contributed by atoms with Crippen LogP contribution >= 0.6 is 0 Å². The summed E-state index contributed by atoms with van der Waals surface area (Å²) in [6.07, 6.45) is 0.156. The average molecular weight is 667 g/mol. The van der Waals surface area contributed by atoms with Gasteiger partial charge in [-0.1, -0.05) is 38.1 Å². The number of carbonyl (C=O) groups is 1. The number of morpholine rings is 2. The van der Waals surface area contributed by atoms with Crippen LogP contribution in [0.3, 0.4) is 0 Å². The second-order valence-corrected chi connectivity index (χ2v) is 12.6. The predicted molar refractivity (Wildman–Crippen MR) is 171 cm³/mol. The molecule has 0 radical (unpaired) electrons. The lowest BCUT2D eigenvalue weighted by molar-refractivity contribution is -0.156. The Morgan fingerprint density at radius 2 is 1.30 bits per heavy atom. The number of ether oxygens (including phenoxy) is 3. The van der Waals surface area contributed by atoms with Crippen molar-refractivity contribution in [3.63, 3.8) is 0 Å². The van der Waals surface area contributed by atoms with Crippen LogP contribution in [0.5, 0.6) is 11.5 Å². The highest BCUT2D eigenvalue weighted by Crippen LogP contribution is 2.36. The Labute approximate surface area is 275 Å². The van der Waals surface area contributed by atoms with Crippen molar-refractivity contribution in [1.82, 2.24) is 9.80 Å². The highest BCUT2D eigenvalue weighted by atomic mass is 19.4. The minimum atomic E-state index is -4.64. The van der Waals surface area contributed by atoms with Gasteiger partial charge < -0.3 is 29.5 Å². The number of halogens is 3. The molecule has 2 aromatic carbocycles. The van der Waals surface area contributed by atoms with E-state index in [1.54, 1.807) is 13.2 Å². The number of aliphatic hydroxyl groups excluding tert-OH is 2. The molecule has 2 saturated heterocycles. The van der Waals surface area contributed by atoms with Crippen LogP contribution in [0, 0.1) is 0 Å². The van der Waals surface area contributed by atoms with E-state index < -0.39 is 12.5 Å². The fourth-order valence-corrected chi connectivity index (χ4v) is 7.33. The Morgan fingerprint density at radius 3 is 1.74 bits per heavy atom. The van der Waals surface area contributed by atoms with Gasteiger partial charge in [0, 0.05) is 38.0 Å². The van der Waals surface area contributed by atoms with Gasteiger partial charge in [0.15, 0.2) is 0 Å². The molecule has 0 aromatic heterocycles. The molecule has 0 spiro atoms. The first-order chi connectivity index (χ1) is 22.5. The maximum Gasteiger partial charge on any atom is 0.446 e. The molecule has 3 N–H and O–H groups in total. The van der Waals surface area contributed by atoms with Crippen molar-refractivity contribution >= 4 is 6.29 Å². The maximum atomic E-state index is 10.4. The summed E-state index contributed by atoms with van der Waals surface area (Å²) in [6.45, 7) is 8.30. The monoisotopic (exact) mass is 666 g/mol. The highest BCUT2D eigenvalue weighted by molar-refractivity contribution is 5.56. The van der Waals surface area contributed by atoms with Crippen molar-refractivity contribution in [2.24, 2.45) is 0 Å². The van der Waals surface area contributed by atoms with E-state index >= 15 is 0 Å². The number of aliphatic hydroxyl groups is 2. The van der Waals surface area contributed by atoms with E-state index in [2.05, 4.69) is 41.8 Å². The lowest BCUT2D eigenvalue weighted by atomic mass is 9.83. The van der Waals surface area contributed by atoms with Crippen LogP contribution in [0.4, 0.5) is 13.2 Å². The van der Waals surface area contributed by atoms with Gasteiger partial charge in [-0.25, -0.2) is 0 Å². The molecule has 2 heterocycles. The number of nitrogens with zero attached hydrogens (tertiary/aromatic N) is 2. The minimum absolute atomic E-state index is 0.0611. The summed E-state index contributed by atoms with van der Waals surface area (Å²) in [4.78, 5) is 13.6. The molecule has 0 bridgehead atoms. The van der Waals surface area contributed by atoms with E-state index in [9.17, 15) is 28.5 Å². The number of rotatable bonds is 7. The van der Waals surface area contributed by atoms with Crippen molar-refractivity contribution in [3.8, 4) is 11.5 Å². The van der Waals surface area contributed by atoms with E-state index in [0.29, 0.717) is 17.8 Å². The summed E-state index contributed by atoms with van der Waals surface area (Å²) in [5.74, 6) is 1.33. The number of alkyl halides is 3. The van der Waals surface area contributed by atoms with Crippen molar-refractivity contribution in [2.45, 2.75) is 95.0 Å². The van der Waals surface area contributed by atoms with Crippen LogP contribution in [0.2, 0.25) is 0 Å². The van der Waals surface area contributed by atoms with Gasteiger partial charge in [0.05, 0.1) is 44.7 Å². The summed E-state index contributed by atoms with van der Waals surface area (Å²) in [5.41, 5.74) is 4.90. The number of phenols is 1. The Bertz CT molecular complexity index is 1300. The average Bonchev–Trinajstić information content (AvgIpc) is 3.07. The van der Waals surface area contributed by atoms with Crippen molar-refractivity contribution in [2.75, 3.05) is 46.5 Å². The molecule has 9 nitrogen and oxygen atoms in total. The molecule has 2 aliphatic heterocycles. The van der Waals surface area contributed by atoms with E-state index in [1.807, 2.05) is 12.1 Å². The standard InChI is InChI=1S/C17H25NO3.C16H23NO3.C2HF3O/c1-3-7-18-10-13(11-19)21-17-9-14-12(8-15(17)18)5-4-6-16(14)20-2;1-2-6-17-9-12(10-18)20-16-8-13-11(7-14(16)17)4-3-5-15(13)19;3-2(4,5)1-6/h4-6,13,15,17,19H,3,7-11H2,1-2H3;3-5,12,14,16,18-19H,2,6-10H2,1H3;1H/t13-,15-,17-;12-,14-,16-;/m00./s1. The number of hydrogen-bond donors (Lipinski definition) is 3. The number of methoxy groups -OCH3 is 1. The van der Waals surface area contributed by atoms with Crippen LogP contribution in [-0.2, 0) is 40.0 Å². The third kappa shape index (κ3) is 9.45. The van der Waals surface area contributed by atoms with Crippen LogP contribution in [0.1, 0.15) is 48.9 Å². The second-order valence-electron chi connectivity index (χ2n) is 12.6. The van der Waals surface area contributed by atoms with Crippen molar-refractivity contribution in [3.05, 3.63) is 58.7 Å².